The number of halogens is 1. The minimum atomic E-state index is 0.206. The third-order valence-corrected chi connectivity index (χ3v) is 4.36. The van der Waals surface area contributed by atoms with Crippen LogP contribution >= 0.6 is 23.1 Å². The summed E-state index contributed by atoms with van der Waals surface area (Å²) >= 11 is 7.70. The molecule has 0 spiro atoms. The highest BCUT2D eigenvalue weighted by molar-refractivity contribution is 7.05. The highest BCUT2D eigenvalue weighted by Gasteiger charge is 2.20. The number of hydrogen-bond donors (Lipinski definition) is 1. The molecule has 0 saturated carbocycles. The van der Waals surface area contributed by atoms with Gasteiger partial charge in [-0.25, -0.2) is 0 Å². The number of hydrogen-bond acceptors (Lipinski definition) is 4. The van der Waals surface area contributed by atoms with Crippen molar-refractivity contribution in [2.24, 2.45) is 0 Å². The number of nitrogens with one attached hydrogen (secondary N) is 1. The summed E-state index contributed by atoms with van der Waals surface area (Å²) in [6.07, 6.45) is 0.847. The summed E-state index contributed by atoms with van der Waals surface area (Å²) in [4.78, 5) is 1.21. The Bertz CT molecular complexity index is 539. The molecule has 0 amide bonds. The molecule has 0 bridgehead atoms. The Balaban J connectivity index is 2.26. The molecule has 0 aliphatic heterocycles. The lowest BCUT2D eigenvalue weighted by Crippen LogP contribution is -2.19. The van der Waals surface area contributed by atoms with Crippen molar-refractivity contribution in [2.45, 2.75) is 32.2 Å². The number of nitrogens with zero attached hydrogens (tertiary/aromatic N) is 2. The van der Waals surface area contributed by atoms with Gasteiger partial charge in [0.2, 0.25) is 0 Å². The van der Waals surface area contributed by atoms with Crippen molar-refractivity contribution in [3.05, 3.63) is 45.4 Å². The van der Waals surface area contributed by atoms with E-state index in [0.717, 1.165) is 22.7 Å². The zero-order chi connectivity index (χ0) is 13.8. The van der Waals surface area contributed by atoms with E-state index in [9.17, 15) is 0 Å². The summed E-state index contributed by atoms with van der Waals surface area (Å²) in [6, 6.07) is 8.17. The number of likely N-dealkylation sites (N-methyl/N-ethyl adjacent to an activating group) is 1. The molecule has 0 saturated heterocycles. The van der Waals surface area contributed by atoms with Gasteiger partial charge in [-0.05, 0) is 42.5 Å². The van der Waals surface area contributed by atoms with Gasteiger partial charge in [-0.3, -0.25) is 0 Å². The van der Waals surface area contributed by atoms with Crippen molar-refractivity contribution >= 4 is 23.1 Å². The lowest BCUT2D eigenvalue weighted by Gasteiger charge is -2.17. The van der Waals surface area contributed by atoms with Crippen LogP contribution in [0.2, 0.25) is 5.02 Å². The number of benzene rings is 1. The normalized spacial score (nSPS) is 12.9. The lowest BCUT2D eigenvalue weighted by molar-refractivity contribution is 0.589. The van der Waals surface area contributed by atoms with E-state index in [2.05, 4.69) is 34.8 Å². The van der Waals surface area contributed by atoms with Gasteiger partial charge in [0.05, 0.1) is 10.6 Å². The van der Waals surface area contributed by atoms with E-state index in [4.69, 9.17) is 11.6 Å². The quantitative estimate of drug-likeness (QED) is 0.911. The molecule has 19 heavy (non-hydrogen) atoms. The van der Waals surface area contributed by atoms with E-state index in [1.807, 2.05) is 25.2 Å². The first-order chi connectivity index (χ1) is 9.13. The van der Waals surface area contributed by atoms with Crippen LogP contribution in [0.4, 0.5) is 0 Å². The second-order valence-electron chi connectivity index (χ2n) is 4.81. The van der Waals surface area contributed by atoms with Gasteiger partial charge < -0.3 is 5.32 Å². The molecular weight excluding hydrogens is 278 g/mol. The average molecular weight is 296 g/mol. The van der Waals surface area contributed by atoms with E-state index in [1.165, 1.54) is 16.4 Å². The fraction of sp³-hybridized carbons (Fsp3) is 0.429. The minimum absolute atomic E-state index is 0.206. The highest BCUT2D eigenvalue weighted by Crippen LogP contribution is 2.30. The molecule has 1 heterocycles. The zero-order valence-corrected chi connectivity index (χ0v) is 12.9. The van der Waals surface area contributed by atoms with Crippen molar-refractivity contribution in [3.63, 3.8) is 0 Å². The maximum atomic E-state index is 6.23. The van der Waals surface area contributed by atoms with Gasteiger partial charge >= 0.3 is 0 Å². The summed E-state index contributed by atoms with van der Waals surface area (Å²) in [6.45, 7) is 4.28. The summed E-state index contributed by atoms with van der Waals surface area (Å²) < 4.78 is 4.09. The molecule has 3 nitrogen and oxygen atoms in total. The summed E-state index contributed by atoms with van der Waals surface area (Å²) in [7, 11) is 1.96. The van der Waals surface area contributed by atoms with Crippen molar-refractivity contribution in [3.8, 4) is 0 Å². The van der Waals surface area contributed by atoms with Gasteiger partial charge in [-0.1, -0.05) is 48.1 Å². The molecule has 2 rings (SSSR count). The fourth-order valence-electron chi connectivity index (χ4n) is 2.06. The first kappa shape index (κ1) is 14.4. The van der Waals surface area contributed by atoms with Gasteiger partial charge in [0.15, 0.2) is 0 Å². The van der Waals surface area contributed by atoms with Crippen LogP contribution in [0.1, 0.15) is 41.9 Å². The van der Waals surface area contributed by atoms with E-state index < -0.39 is 0 Å². The molecule has 0 radical (unpaired) electrons. The first-order valence-corrected chi connectivity index (χ1v) is 7.51. The average Bonchev–Trinajstić information content (AvgIpc) is 2.87. The number of rotatable bonds is 5. The van der Waals surface area contributed by atoms with E-state index >= 15 is 0 Å². The Morgan fingerprint density at radius 3 is 2.68 bits per heavy atom. The highest BCUT2D eigenvalue weighted by atomic mass is 35.5. The van der Waals surface area contributed by atoms with Crippen LogP contribution in [0.3, 0.4) is 0 Å². The van der Waals surface area contributed by atoms with Crippen LogP contribution in [0.15, 0.2) is 24.3 Å². The third-order valence-electron chi connectivity index (χ3n) is 3.13. The van der Waals surface area contributed by atoms with Crippen LogP contribution in [-0.4, -0.2) is 16.6 Å². The Morgan fingerprint density at radius 2 is 2.05 bits per heavy atom. The van der Waals surface area contributed by atoms with Crippen LogP contribution in [0.5, 0.6) is 0 Å². The second kappa shape index (κ2) is 6.46. The smallest absolute Gasteiger partial charge is 0.0829 e. The van der Waals surface area contributed by atoms with Gasteiger partial charge in [0, 0.05) is 11.1 Å². The fourth-order valence-corrected chi connectivity index (χ4v) is 3.18. The van der Waals surface area contributed by atoms with E-state index in [1.54, 1.807) is 0 Å². The van der Waals surface area contributed by atoms with E-state index in [-0.39, 0.29) is 6.04 Å². The SMILES string of the molecule is CNC(Cc1ccccc1Cl)c1snnc1C(C)C. The second-order valence-corrected chi connectivity index (χ2v) is 6.01. The van der Waals surface area contributed by atoms with Crippen LogP contribution in [0.25, 0.3) is 0 Å². The third kappa shape index (κ3) is 3.32. The van der Waals surface area contributed by atoms with Crippen molar-refractivity contribution < 1.29 is 0 Å². The van der Waals surface area contributed by atoms with Gasteiger partial charge in [-0.15, -0.1) is 5.10 Å². The predicted molar refractivity (Wildman–Crippen MR) is 81.0 cm³/mol. The van der Waals surface area contributed by atoms with Crippen LogP contribution < -0.4 is 5.32 Å². The predicted octanol–water partition coefficient (Wildman–Crippen LogP) is 3.82. The largest absolute Gasteiger partial charge is 0.312 e. The molecule has 1 aromatic carbocycles. The summed E-state index contributed by atoms with van der Waals surface area (Å²) in [5.74, 6) is 0.385. The molecule has 1 N–H and O–H groups in total. The summed E-state index contributed by atoms with van der Waals surface area (Å²) in [5, 5.41) is 8.40. The molecule has 0 aliphatic rings. The molecule has 0 fully saturated rings. The van der Waals surface area contributed by atoms with E-state index in [0.29, 0.717) is 5.92 Å². The van der Waals surface area contributed by atoms with Crippen LogP contribution in [-0.2, 0) is 6.42 Å². The first-order valence-electron chi connectivity index (χ1n) is 6.36. The maximum absolute atomic E-state index is 6.23. The molecule has 0 aliphatic carbocycles. The lowest BCUT2D eigenvalue weighted by atomic mass is 10.0. The topological polar surface area (TPSA) is 37.8 Å². The molecular formula is C14H18ClN3S. The van der Waals surface area contributed by atoms with Crippen LogP contribution in [0, 0.1) is 0 Å². The summed E-state index contributed by atoms with van der Waals surface area (Å²) in [5.41, 5.74) is 2.23. The minimum Gasteiger partial charge on any atom is -0.312 e. The van der Waals surface area contributed by atoms with Crippen molar-refractivity contribution in [1.29, 1.82) is 0 Å². The van der Waals surface area contributed by atoms with Crippen molar-refractivity contribution in [1.82, 2.24) is 14.9 Å². The Morgan fingerprint density at radius 1 is 1.32 bits per heavy atom. The monoisotopic (exact) mass is 295 g/mol. The Kier molecular flexibility index (Phi) is 4.91. The molecule has 1 atom stereocenters. The van der Waals surface area contributed by atoms with Gasteiger partial charge in [-0.2, -0.15) is 0 Å². The molecule has 5 heteroatoms. The number of aromatic nitrogens is 2. The molecule has 1 aromatic heterocycles. The van der Waals surface area contributed by atoms with Gasteiger partial charge in [0.25, 0.3) is 0 Å². The molecule has 2 aromatic rings. The molecule has 1 unspecified atom stereocenters. The maximum Gasteiger partial charge on any atom is 0.0829 e. The Labute approximate surface area is 123 Å². The van der Waals surface area contributed by atoms with Gasteiger partial charge in [0.1, 0.15) is 0 Å². The Hall–Kier alpha value is -0.970. The standard InChI is InChI=1S/C14H18ClN3S/c1-9(2)13-14(19-18-17-13)12(16-3)8-10-6-4-5-7-11(10)15/h4-7,9,12,16H,8H2,1-3H3. The molecule has 102 valence electrons. The zero-order valence-electron chi connectivity index (χ0n) is 11.4. The van der Waals surface area contributed by atoms with Crippen molar-refractivity contribution in [2.75, 3.05) is 7.05 Å².